The quantitative estimate of drug-likeness (QED) is 0.317. The van der Waals surface area contributed by atoms with Gasteiger partial charge in [0, 0.05) is 38.7 Å². The number of hydrogen-bond acceptors (Lipinski definition) is 3. The molecule has 2 atom stereocenters. The minimum absolute atomic E-state index is 0. The van der Waals surface area contributed by atoms with Crippen LogP contribution in [0.25, 0.3) is 0 Å². The summed E-state index contributed by atoms with van der Waals surface area (Å²) >= 11 is 0. The lowest BCUT2D eigenvalue weighted by Gasteiger charge is -2.61. The van der Waals surface area contributed by atoms with Gasteiger partial charge in [-0.2, -0.15) is 0 Å². The fourth-order valence-corrected chi connectivity index (χ4v) is 5.32. The van der Waals surface area contributed by atoms with E-state index < -0.39 is 0 Å². The van der Waals surface area contributed by atoms with Crippen molar-refractivity contribution in [2.75, 3.05) is 33.8 Å². The molecule has 0 bridgehead atoms. The zero-order valence-corrected chi connectivity index (χ0v) is 20.4. The number of guanidine groups is 1. The van der Waals surface area contributed by atoms with Crippen LogP contribution in [0.4, 0.5) is 0 Å². The Morgan fingerprint density at radius 2 is 1.82 bits per heavy atom. The molecule has 1 amide bonds. The third kappa shape index (κ3) is 4.45. The number of carbonyl (C=O) groups is 1. The van der Waals surface area contributed by atoms with E-state index in [1.54, 1.807) is 4.90 Å². The van der Waals surface area contributed by atoms with Crippen LogP contribution < -0.4 is 10.6 Å². The summed E-state index contributed by atoms with van der Waals surface area (Å²) in [4.78, 5) is 19.4. The van der Waals surface area contributed by atoms with E-state index in [1.807, 2.05) is 14.1 Å². The van der Waals surface area contributed by atoms with Gasteiger partial charge in [0.25, 0.3) is 0 Å². The first-order valence-electron chi connectivity index (χ1n) is 10.9. The van der Waals surface area contributed by atoms with Crippen molar-refractivity contribution >= 4 is 35.8 Å². The average Bonchev–Trinajstić information content (AvgIpc) is 3.06. The SMILES string of the molecule is CCNC(=NCC1(C(=O)N(C)C)CCCC1)NC1CC(OCC)C12CCC2.I. The number of rotatable bonds is 7. The van der Waals surface area contributed by atoms with Crippen molar-refractivity contribution in [3.63, 3.8) is 0 Å². The van der Waals surface area contributed by atoms with Crippen molar-refractivity contribution in [2.24, 2.45) is 15.8 Å². The predicted octanol–water partition coefficient (Wildman–Crippen LogP) is 3.16. The van der Waals surface area contributed by atoms with Crippen molar-refractivity contribution < 1.29 is 9.53 Å². The molecule has 3 rings (SSSR count). The molecule has 0 saturated heterocycles. The van der Waals surface area contributed by atoms with Crippen LogP contribution >= 0.6 is 24.0 Å². The van der Waals surface area contributed by atoms with Crippen LogP contribution in [0.2, 0.25) is 0 Å². The van der Waals surface area contributed by atoms with E-state index in [2.05, 4.69) is 24.5 Å². The number of aliphatic imine (C=N–C) groups is 1. The minimum atomic E-state index is -0.312. The van der Waals surface area contributed by atoms with Crippen LogP contribution in [-0.2, 0) is 9.53 Å². The summed E-state index contributed by atoms with van der Waals surface area (Å²) < 4.78 is 5.97. The van der Waals surface area contributed by atoms with Gasteiger partial charge in [-0.3, -0.25) is 9.79 Å². The molecule has 3 saturated carbocycles. The highest BCUT2D eigenvalue weighted by Crippen LogP contribution is 2.57. The van der Waals surface area contributed by atoms with Crippen molar-refractivity contribution in [2.45, 2.75) is 77.4 Å². The molecule has 2 N–H and O–H groups in total. The highest BCUT2D eigenvalue weighted by atomic mass is 127. The Bertz CT molecular complexity index is 557. The number of carbonyl (C=O) groups excluding carboxylic acids is 1. The Morgan fingerprint density at radius 1 is 1.14 bits per heavy atom. The number of amides is 1. The zero-order valence-electron chi connectivity index (χ0n) is 18.1. The largest absolute Gasteiger partial charge is 0.378 e. The fraction of sp³-hybridized carbons (Fsp3) is 0.905. The molecule has 7 heteroatoms. The second kappa shape index (κ2) is 9.96. The van der Waals surface area contributed by atoms with Crippen molar-refractivity contribution in [1.82, 2.24) is 15.5 Å². The summed E-state index contributed by atoms with van der Waals surface area (Å²) in [6.45, 7) is 6.38. The topological polar surface area (TPSA) is 66.0 Å². The fourth-order valence-electron chi connectivity index (χ4n) is 5.32. The first-order chi connectivity index (χ1) is 13.0. The van der Waals surface area contributed by atoms with Gasteiger partial charge in [0.15, 0.2) is 5.96 Å². The molecule has 162 valence electrons. The molecule has 2 unspecified atom stereocenters. The van der Waals surface area contributed by atoms with Gasteiger partial charge in [-0.1, -0.05) is 19.3 Å². The summed E-state index contributed by atoms with van der Waals surface area (Å²) in [5, 5.41) is 7.08. The monoisotopic (exact) mass is 506 g/mol. The van der Waals surface area contributed by atoms with Crippen molar-refractivity contribution in [3.05, 3.63) is 0 Å². The van der Waals surface area contributed by atoms with Gasteiger partial charge in [0.1, 0.15) is 0 Å². The molecule has 6 nitrogen and oxygen atoms in total. The van der Waals surface area contributed by atoms with Crippen molar-refractivity contribution in [1.29, 1.82) is 0 Å². The van der Waals surface area contributed by atoms with E-state index in [1.165, 1.54) is 19.3 Å². The molecule has 3 aliphatic carbocycles. The summed E-state index contributed by atoms with van der Waals surface area (Å²) in [7, 11) is 3.72. The molecule has 3 fully saturated rings. The third-order valence-corrected chi connectivity index (χ3v) is 7.05. The number of nitrogens with one attached hydrogen (secondary N) is 2. The molecule has 0 aromatic carbocycles. The van der Waals surface area contributed by atoms with Crippen LogP contribution in [0.1, 0.15) is 65.2 Å². The van der Waals surface area contributed by atoms with E-state index in [0.717, 1.165) is 51.2 Å². The lowest BCUT2D eigenvalue weighted by atomic mass is 9.51. The predicted molar refractivity (Wildman–Crippen MR) is 124 cm³/mol. The molecule has 0 heterocycles. The van der Waals surface area contributed by atoms with Crippen LogP contribution in [0.15, 0.2) is 4.99 Å². The lowest BCUT2D eigenvalue weighted by molar-refractivity contribution is -0.168. The van der Waals surface area contributed by atoms with Gasteiger partial charge in [-0.15, -0.1) is 24.0 Å². The minimum Gasteiger partial charge on any atom is -0.378 e. The number of hydrogen-bond donors (Lipinski definition) is 2. The van der Waals surface area contributed by atoms with Crippen LogP contribution in [0.3, 0.4) is 0 Å². The Balaban J connectivity index is 0.00000280. The van der Waals surface area contributed by atoms with Gasteiger partial charge in [0.05, 0.1) is 18.1 Å². The maximum atomic E-state index is 12.8. The second-order valence-electron chi connectivity index (χ2n) is 8.85. The highest BCUT2D eigenvalue weighted by Gasteiger charge is 2.59. The van der Waals surface area contributed by atoms with Crippen molar-refractivity contribution in [3.8, 4) is 0 Å². The van der Waals surface area contributed by atoms with Gasteiger partial charge in [-0.05, 0) is 46.0 Å². The Labute approximate surface area is 187 Å². The van der Waals surface area contributed by atoms with Gasteiger partial charge in [0.2, 0.25) is 5.91 Å². The standard InChI is InChI=1S/C21H38N4O2.HI/c1-5-22-19(23-15-20(10-7-8-11-20)18(26)25(3)4)24-16-14-17(27-6-2)21(16)12-9-13-21;/h16-17H,5-15H2,1-4H3,(H2,22,23,24);1H. The number of nitrogens with zero attached hydrogens (tertiary/aromatic N) is 2. The van der Waals surface area contributed by atoms with Crippen LogP contribution in [0, 0.1) is 10.8 Å². The van der Waals surface area contributed by atoms with Gasteiger partial charge >= 0.3 is 0 Å². The Hall–Kier alpha value is -0.570. The molecule has 0 radical (unpaired) electrons. The second-order valence-corrected chi connectivity index (χ2v) is 8.85. The Kier molecular flexibility index (Phi) is 8.43. The Morgan fingerprint density at radius 3 is 2.32 bits per heavy atom. The molecule has 0 aromatic rings. The van der Waals surface area contributed by atoms with Gasteiger partial charge in [-0.25, -0.2) is 0 Å². The molecule has 0 aliphatic heterocycles. The maximum absolute atomic E-state index is 12.8. The summed E-state index contributed by atoms with van der Waals surface area (Å²) in [6, 6.07) is 0.435. The highest BCUT2D eigenvalue weighted by molar-refractivity contribution is 14.0. The van der Waals surface area contributed by atoms with E-state index in [0.29, 0.717) is 24.1 Å². The smallest absolute Gasteiger partial charge is 0.230 e. The van der Waals surface area contributed by atoms with E-state index in [4.69, 9.17) is 9.73 Å². The molecular formula is C21H39IN4O2. The van der Waals surface area contributed by atoms with Gasteiger partial charge < -0.3 is 20.3 Å². The summed E-state index contributed by atoms with van der Waals surface area (Å²) in [6.07, 6.45) is 9.40. The molecule has 3 aliphatic rings. The molecule has 28 heavy (non-hydrogen) atoms. The van der Waals surface area contributed by atoms with Crippen LogP contribution in [-0.4, -0.2) is 62.7 Å². The number of halogens is 1. The average molecular weight is 506 g/mol. The maximum Gasteiger partial charge on any atom is 0.230 e. The van der Waals surface area contributed by atoms with Crippen LogP contribution in [0.5, 0.6) is 0 Å². The lowest BCUT2D eigenvalue weighted by Crippen LogP contribution is -2.68. The third-order valence-electron chi connectivity index (χ3n) is 7.05. The summed E-state index contributed by atoms with van der Waals surface area (Å²) in [5.74, 6) is 1.09. The zero-order chi connectivity index (χ0) is 19.5. The van der Waals surface area contributed by atoms with E-state index in [-0.39, 0.29) is 35.3 Å². The molecular weight excluding hydrogens is 467 g/mol. The molecule has 0 aromatic heterocycles. The first kappa shape index (κ1) is 23.7. The number of ether oxygens (including phenoxy) is 1. The normalized spacial score (nSPS) is 27.4. The molecule has 1 spiro atoms. The summed E-state index contributed by atoms with van der Waals surface area (Å²) in [5.41, 5.74) is -0.00974. The van der Waals surface area contributed by atoms with E-state index in [9.17, 15) is 4.79 Å². The van der Waals surface area contributed by atoms with E-state index >= 15 is 0 Å². The first-order valence-corrected chi connectivity index (χ1v) is 10.9.